The van der Waals surface area contributed by atoms with Crippen LogP contribution in [0.15, 0.2) is 0 Å². The van der Waals surface area contributed by atoms with E-state index in [-0.39, 0.29) is 29.5 Å². The van der Waals surface area contributed by atoms with Crippen LogP contribution in [0.2, 0.25) is 0 Å². The summed E-state index contributed by atoms with van der Waals surface area (Å²) in [6.07, 6.45) is 0.438. The van der Waals surface area contributed by atoms with Gasteiger partial charge in [-0.3, -0.25) is 9.10 Å². The Hall–Kier alpha value is -0.320. The van der Waals surface area contributed by atoms with E-state index in [4.69, 9.17) is 0 Å². The Labute approximate surface area is 98.9 Å². The summed E-state index contributed by atoms with van der Waals surface area (Å²) in [6, 6.07) is 0.0889. The highest BCUT2D eigenvalue weighted by Crippen LogP contribution is 2.52. The first-order valence-electron chi connectivity index (χ1n) is 5.67. The Kier molecular flexibility index (Phi) is 2.93. The van der Waals surface area contributed by atoms with Gasteiger partial charge < -0.3 is 0 Å². The Bertz CT molecular complexity index is 310. The number of amides is 1. The van der Waals surface area contributed by atoms with Crippen LogP contribution in [0.25, 0.3) is 0 Å². The summed E-state index contributed by atoms with van der Waals surface area (Å²) < 4.78 is 28.8. The smallest absolute Gasteiger partial charge is 0.251 e. The van der Waals surface area contributed by atoms with Crippen LogP contribution in [-0.2, 0) is 4.79 Å². The van der Waals surface area contributed by atoms with Gasteiger partial charge in [-0.1, -0.05) is 6.92 Å². The molecule has 0 spiro atoms. The molecule has 1 amide bonds. The Morgan fingerprint density at radius 3 is 2.62 bits per heavy atom. The summed E-state index contributed by atoms with van der Waals surface area (Å²) in [5.74, 6) is -2.93. The molecule has 92 valence electrons. The summed E-state index contributed by atoms with van der Waals surface area (Å²) in [5.41, 5.74) is 0. The molecule has 0 aromatic rings. The van der Waals surface area contributed by atoms with Crippen molar-refractivity contribution in [3.05, 3.63) is 0 Å². The van der Waals surface area contributed by atoms with E-state index < -0.39 is 11.8 Å². The van der Waals surface area contributed by atoms with Gasteiger partial charge in [0.05, 0.1) is 0 Å². The zero-order valence-electron chi connectivity index (χ0n) is 9.74. The lowest BCUT2D eigenvalue weighted by molar-refractivity contribution is -0.125. The molecular formula is C11H17F2NOS. The van der Waals surface area contributed by atoms with Crippen molar-refractivity contribution < 1.29 is 13.6 Å². The van der Waals surface area contributed by atoms with Gasteiger partial charge in [0.2, 0.25) is 5.91 Å². The van der Waals surface area contributed by atoms with Crippen LogP contribution >= 0.6 is 11.9 Å². The molecule has 1 saturated heterocycles. The molecule has 16 heavy (non-hydrogen) atoms. The molecule has 0 bridgehead atoms. The number of hydrogen-bond acceptors (Lipinski definition) is 2. The molecule has 2 fully saturated rings. The lowest BCUT2D eigenvalue weighted by Gasteiger charge is -2.36. The molecule has 1 heterocycles. The molecule has 0 N–H and O–H groups in total. The van der Waals surface area contributed by atoms with E-state index in [1.165, 1.54) is 18.9 Å². The number of carbonyl (C=O) groups excluding carboxylic acids is 1. The van der Waals surface area contributed by atoms with Gasteiger partial charge in [0.15, 0.2) is 0 Å². The number of alkyl halides is 2. The number of rotatable bonds is 0. The van der Waals surface area contributed by atoms with E-state index in [9.17, 15) is 13.6 Å². The fourth-order valence-electron chi connectivity index (χ4n) is 2.75. The van der Waals surface area contributed by atoms with E-state index >= 15 is 0 Å². The molecule has 4 atom stereocenters. The second-order valence-corrected chi connectivity index (χ2v) is 6.20. The number of fused-ring (bicyclic) bond motifs is 1. The van der Waals surface area contributed by atoms with Crippen LogP contribution in [0.3, 0.4) is 0 Å². The maximum atomic E-state index is 13.6. The lowest BCUT2D eigenvalue weighted by Crippen LogP contribution is -2.42. The van der Waals surface area contributed by atoms with Crippen molar-refractivity contribution in [3.63, 3.8) is 0 Å². The number of carbonyl (C=O) groups is 1. The zero-order chi connectivity index (χ0) is 12.1. The highest BCUT2D eigenvalue weighted by Gasteiger charge is 2.53. The molecule has 5 heteroatoms. The third-order valence-electron chi connectivity index (χ3n) is 3.85. The van der Waals surface area contributed by atoms with Crippen LogP contribution in [0, 0.1) is 11.8 Å². The van der Waals surface area contributed by atoms with E-state index in [0.717, 1.165) is 0 Å². The summed E-state index contributed by atoms with van der Waals surface area (Å²) >= 11 is 1.32. The first-order valence-corrected chi connectivity index (χ1v) is 6.51. The third-order valence-corrected chi connectivity index (χ3v) is 5.45. The van der Waals surface area contributed by atoms with Crippen LogP contribution in [0.4, 0.5) is 8.78 Å². The first kappa shape index (κ1) is 12.1. The zero-order valence-corrected chi connectivity index (χ0v) is 10.6. The van der Waals surface area contributed by atoms with Gasteiger partial charge in [-0.15, -0.1) is 0 Å². The van der Waals surface area contributed by atoms with Crippen LogP contribution in [0.5, 0.6) is 0 Å². The average Bonchev–Trinajstić information content (AvgIpc) is 2.44. The van der Waals surface area contributed by atoms with E-state index in [0.29, 0.717) is 6.42 Å². The quantitative estimate of drug-likeness (QED) is 0.615. The van der Waals surface area contributed by atoms with Gasteiger partial charge in [-0.05, 0) is 31.2 Å². The molecule has 0 aromatic heterocycles. The molecule has 1 aliphatic carbocycles. The summed E-state index contributed by atoms with van der Waals surface area (Å²) in [4.78, 5) is 11.4. The Balaban J connectivity index is 2.16. The average molecular weight is 249 g/mol. The predicted molar refractivity (Wildman–Crippen MR) is 60.2 cm³/mol. The van der Waals surface area contributed by atoms with Gasteiger partial charge in [0.1, 0.15) is 0 Å². The van der Waals surface area contributed by atoms with E-state index in [1.807, 2.05) is 6.92 Å². The molecule has 0 aromatic carbocycles. The SMILES string of the molecule is CC(=O)N1SC2CC(F)(F)C(C)CC2C1C. The fourth-order valence-corrected chi connectivity index (χ4v) is 4.33. The minimum absolute atomic E-state index is 0.0251. The maximum absolute atomic E-state index is 13.6. The highest BCUT2D eigenvalue weighted by molar-refractivity contribution is 7.98. The van der Waals surface area contributed by atoms with Crippen molar-refractivity contribution in [1.82, 2.24) is 4.31 Å². The minimum Gasteiger partial charge on any atom is -0.283 e. The van der Waals surface area contributed by atoms with Gasteiger partial charge in [0.25, 0.3) is 5.92 Å². The number of halogens is 2. The van der Waals surface area contributed by atoms with Crippen LogP contribution < -0.4 is 0 Å². The van der Waals surface area contributed by atoms with E-state index in [2.05, 4.69) is 0 Å². The largest absolute Gasteiger partial charge is 0.283 e. The Morgan fingerprint density at radius 2 is 2.06 bits per heavy atom. The van der Waals surface area contributed by atoms with Gasteiger partial charge in [0, 0.05) is 30.6 Å². The summed E-state index contributed by atoms with van der Waals surface area (Å²) in [7, 11) is 0. The van der Waals surface area contributed by atoms with Gasteiger partial charge in [-0.25, -0.2) is 8.78 Å². The van der Waals surface area contributed by atoms with Gasteiger partial charge >= 0.3 is 0 Å². The molecule has 1 saturated carbocycles. The van der Waals surface area contributed by atoms with Crippen LogP contribution in [-0.4, -0.2) is 27.4 Å². The number of hydrogen-bond donors (Lipinski definition) is 0. The molecule has 1 aliphatic heterocycles. The molecular weight excluding hydrogens is 232 g/mol. The molecule has 0 radical (unpaired) electrons. The van der Waals surface area contributed by atoms with Crippen molar-refractivity contribution in [1.29, 1.82) is 0 Å². The maximum Gasteiger partial charge on any atom is 0.251 e. The van der Waals surface area contributed by atoms with Crippen molar-refractivity contribution in [2.45, 2.75) is 50.8 Å². The van der Waals surface area contributed by atoms with Crippen molar-refractivity contribution in [2.75, 3.05) is 0 Å². The standard InChI is InChI=1S/C11H17F2NOS/c1-6-4-9-7(2)14(8(3)15)16-10(9)5-11(6,12)13/h6-7,9-10H,4-5H2,1-3H3. The number of nitrogens with zero attached hydrogens (tertiary/aromatic N) is 1. The predicted octanol–water partition coefficient (Wildman–Crippen LogP) is 2.94. The van der Waals surface area contributed by atoms with Crippen LogP contribution in [0.1, 0.15) is 33.6 Å². The molecule has 4 unspecified atom stereocenters. The first-order chi connectivity index (χ1) is 7.33. The van der Waals surface area contributed by atoms with Crippen molar-refractivity contribution in [3.8, 4) is 0 Å². The monoisotopic (exact) mass is 249 g/mol. The Morgan fingerprint density at radius 1 is 1.44 bits per heavy atom. The molecule has 2 aliphatic rings. The second-order valence-electron chi connectivity index (χ2n) is 5.00. The topological polar surface area (TPSA) is 20.3 Å². The third kappa shape index (κ3) is 1.83. The van der Waals surface area contributed by atoms with Crippen molar-refractivity contribution >= 4 is 17.9 Å². The summed E-state index contributed by atoms with van der Waals surface area (Å²) in [6.45, 7) is 5.09. The normalized spacial score (nSPS) is 41.9. The lowest BCUT2D eigenvalue weighted by atomic mass is 9.76. The highest BCUT2D eigenvalue weighted by atomic mass is 32.2. The molecule has 2 nitrogen and oxygen atoms in total. The fraction of sp³-hybridized carbons (Fsp3) is 0.909. The minimum atomic E-state index is -2.57. The summed E-state index contributed by atoms with van der Waals surface area (Å²) in [5, 5.41) is -0.0925. The van der Waals surface area contributed by atoms with Gasteiger partial charge in [-0.2, -0.15) is 0 Å². The second kappa shape index (κ2) is 3.86. The van der Waals surface area contributed by atoms with E-state index in [1.54, 1.807) is 11.2 Å². The molecule has 2 rings (SSSR count). The van der Waals surface area contributed by atoms with Crippen molar-refractivity contribution in [2.24, 2.45) is 11.8 Å².